The lowest BCUT2D eigenvalue weighted by Crippen LogP contribution is -2.29. The molecule has 0 aromatic rings. The number of nitrogens with zero attached hydrogens (tertiary/aromatic N) is 3. The molecule has 0 bridgehead atoms. The van der Waals surface area contributed by atoms with E-state index in [1.807, 2.05) is 0 Å². The summed E-state index contributed by atoms with van der Waals surface area (Å²) in [5, 5.41) is 6.91. The van der Waals surface area contributed by atoms with Crippen LogP contribution in [0.3, 0.4) is 0 Å². The average Bonchev–Trinajstić information content (AvgIpc) is 2.68. The highest BCUT2D eigenvalue weighted by Gasteiger charge is 2.35. The van der Waals surface area contributed by atoms with Crippen LogP contribution in [0, 0.1) is 0 Å². The van der Waals surface area contributed by atoms with E-state index in [9.17, 15) is 13.8 Å². The molecule has 1 rings (SSSR count). The van der Waals surface area contributed by atoms with Gasteiger partial charge < -0.3 is 9.47 Å². The first-order valence-electron chi connectivity index (χ1n) is 5.93. The van der Waals surface area contributed by atoms with Gasteiger partial charge in [0, 0.05) is 0 Å². The quantitative estimate of drug-likeness (QED) is 0.604. The zero-order valence-electron chi connectivity index (χ0n) is 11.4. The zero-order chi connectivity index (χ0) is 15.1. The SMILES string of the molecule is CCOC(=O)N/N=C/C1=NN(C(=O)OCC)S(=O)C1C. The molecule has 1 aliphatic heterocycles. The van der Waals surface area contributed by atoms with Gasteiger partial charge in [0.2, 0.25) is 0 Å². The molecule has 0 aromatic carbocycles. The number of hydrazone groups is 2. The van der Waals surface area contributed by atoms with Crippen molar-refractivity contribution < 1.29 is 23.3 Å². The van der Waals surface area contributed by atoms with E-state index < -0.39 is 28.4 Å². The minimum absolute atomic E-state index is 0.157. The van der Waals surface area contributed by atoms with Crippen molar-refractivity contribution in [3.8, 4) is 0 Å². The van der Waals surface area contributed by atoms with Gasteiger partial charge in [0.05, 0.1) is 30.4 Å². The van der Waals surface area contributed by atoms with Gasteiger partial charge in [-0.15, -0.1) is 4.41 Å². The number of carbonyl (C=O) groups is 2. The lowest BCUT2D eigenvalue weighted by Gasteiger charge is -2.10. The van der Waals surface area contributed by atoms with E-state index in [-0.39, 0.29) is 18.9 Å². The van der Waals surface area contributed by atoms with E-state index in [4.69, 9.17) is 4.74 Å². The van der Waals surface area contributed by atoms with E-state index >= 15 is 0 Å². The lowest BCUT2D eigenvalue weighted by atomic mass is 10.3. The van der Waals surface area contributed by atoms with E-state index in [2.05, 4.69) is 20.4 Å². The summed E-state index contributed by atoms with van der Waals surface area (Å²) in [7, 11) is -1.66. The molecule has 1 aliphatic rings. The van der Waals surface area contributed by atoms with Crippen molar-refractivity contribution in [3.63, 3.8) is 0 Å². The predicted octanol–water partition coefficient (Wildman–Crippen LogP) is 0.599. The highest BCUT2D eigenvalue weighted by atomic mass is 32.2. The largest absolute Gasteiger partial charge is 0.449 e. The highest BCUT2D eigenvalue weighted by molar-refractivity contribution is 7.85. The third-order valence-corrected chi connectivity index (χ3v) is 3.57. The van der Waals surface area contributed by atoms with Crippen LogP contribution in [0.15, 0.2) is 10.2 Å². The monoisotopic (exact) mass is 304 g/mol. The summed E-state index contributed by atoms with van der Waals surface area (Å²) in [6, 6.07) is 0. The highest BCUT2D eigenvalue weighted by Crippen LogP contribution is 2.15. The molecule has 0 saturated heterocycles. The van der Waals surface area contributed by atoms with Gasteiger partial charge in [-0.05, 0) is 20.8 Å². The van der Waals surface area contributed by atoms with Crippen LogP contribution in [0.5, 0.6) is 0 Å². The first-order chi connectivity index (χ1) is 9.51. The maximum absolute atomic E-state index is 11.9. The molecule has 20 heavy (non-hydrogen) atoms. The Hall–Kier alpha value is -1.97. The van der Waals surface area contributed by atoms with Crippen LogP contribution in [-0.4, -0.2) is 51.2 Å². The Labute approximate surface area is 118 Å². The van der Waals surface area contributed by atoms with Crippen LogP contribution >= 0.6 is 0 Å². The van der Waals surface area contributed by atoms with Crippen LogP contribution in [0.1, 0.15) is 20.8 Å². The van der Waals surface area contributed by atoms with E-state index in [0.717, 1.165) is 4.41 Å². The number of rotatable bonds is 4. The first kappa shape index (κ1) is 16.1. The van der Waals surface area contributed by atoms with Crippen LogP contribution in [0.25, 0.3) is 0 Å². The summed E-state index contributed by atoms with van der Waals surface area (Å²) in [5.41, 5.74) is 2.39. The molecule has 112 valence electrons. The molecule has 2 unspecified atom stereocenters. The third kappa shape index (κ3) is 4.02. The van der Waals surface area contributed by atoms with Crippen LogP contribution in [0.4, 0.5) is 9.59 Å². The Bertz CT molecular complexity index is 465. The van der Waals surface area contributed by atoms with Crippen molar-refractivity contribution in [2.24, 2.45) is 10.2 Å². The summed E-state index contributed by atoms with van der Waals surface area (Å²) in [4.78, 5) is 22.5. The molecule has 10 heteroatoms. The van der Waals surface area contributed by atoms with E-state index in [1.165, 1.54) is 6.21 Å². The zero-order valence-corrected chi connectivity index (χ0v) is 12.2. The Balaban J connectivity index is 2.67. The minimum Gasteiger partial charge on any atom is -0.449 e. The van der Waals surface area contributed by atoms with Crippen molar-refractivity contribution in [2.75, 3.05) is 13.2 Å². The van der Waals surface area contributed by atoms with Gasteiger partial charge in [0.1, 0.15) is 0 Å². The second-order valence-corrected chi connectivity index (χ2v) is 5.11. The number of amides is 2. The molecule has 1 N–H and O–H groups in total. The van der Waals surface area contributed by atoms with Crippen LogP contribution in [0.2, 0.25) is 0 Å². The van der Waals surface area contributed by atoms with Crippen molar-refractivity contribution >= 4 is 35.1 Å². The normalized spacial score (nSPS) is 21.8. The fourth-order valence-electron chi connectivity index (χ4n) is 1.22. The van der Waals surface area contributed by atoms with Gasteiger partial charge in [0.25, 0.3) is 0 Å². The molecular formula is C10H16N4O5S. The summed E-state index contributed by atoms with van der Waals surface area (Å²) >= 11 is 0. The van der Waals surface area contributed by atoms with Gasteiger partial charge in [0.15, 0.2) is 11.0 Å². The molecule has 2 amide bonds. The average molecular weight is 304 g/mol. The molecule has 0 aliphatic carbocycles. The summed E-state index contributed by atoms with van der Waals surface area (Å²) < 4.78 is 21.9. The lowest BCUT2D eigenvalue weighted by molar-refractivity contribution is 0.133. The standard InChI is InChI=1S/C10H16N4O5S/c1-4-18-9(15)12-11-6-8-7(3)20(17)14(13-8)10(16)19-5-2/h6-7H,4-5H2,1-3H3,(H,12,15)/b11-6+. The van der Waals surface area contributed by atoms with Crippen molar-refractivity contribution in [1.29, 1.82) is 0 Å². The Morgan fingerprint density at radius 3 is 2.70 bits per heavy atom. The van der Waals surface area contributed by atoms with Gasteiger partial charge in [-0.25, -0.2) is 19.2 Å². The topological polar surface area (TPSA) is 110 Å². The van der Waals surface area contributed by atoms with Crippen LogP contribution in [-0.2, 0) is 20.5 Å². The van der Waals surface area contributed by atoms with Gasteiger partial charge in [-0.3, -0.25) is 0 Å². The second kappa shape index (κ2) is 7.58. The summed E-state index contributed by atoms with van der Waals surface area (Å²) in [6.45, 7) is 5.29. The Morgan fingerprint density at radius 1 is 1.45 bits per heavy atom. The molecule has 0 saturated carbocycles. The number of ether oxygens (including phenoxy) is 2. The molecule has 0 aromatic heterocycles. The van der Waals surface area contributed by atoms with E-state index in [0.29, 0.717) is 0 Å². The van der Waals surface area contributed by atoms with Crippen LogP contribution < -0.4 is 5.43 Å². The van der Waals surface area contributed by atoms with Gasteiger partial charge >= 0.3 is 12.2 Å². The molecule has 0 radical (unpaired) electrons. The molecule has 2 atom stereocenters. The maximum Gasteiger partial charge on any atom is 0.443 e. The smallest absolute Gasteiger partial charge is 0.443 e. The minimum atomic E-state index is -1.66. The number of carbonyl (C=O) groups excluding carboxylic acids is 2. The van der Waals surface area contributed by atoms with Crippen molar-refractivity contribution in [2.45, 2.75) is 26.0 Å². The van der Waals surface area contributed by atoms with E-state index in [1.54, 1.807) is 20.8 Å². The second-order valence-electron chi connectivity index (χ2n) is 3.51. The third-order valence-electron chi connectivity index (χ3n) is 2.15. The number of nitrogens with one attached hydrogen (secondary N) is 1. The molecule has 1 heterocycles. The number of hydrogen-bond acceptors (Lipinski definition) is 7. The fraction of sp³-hybridized carbons (Fsp3) is 0.600. The molecular weight excluding hydrogens is 288 g/mol. The Morgan fingerprint density at radius 2 is 2.10 bits per heavy atom. The van der Waals surface area contributed by atoms with Gasteiger partial charge in [-0.2, -0.15) is 10.2 Å². The maximum atomic E-state index is 11.9. The fourth-order valence-corrected chi connectivity index (χ4v) is 2.21. The van der Waals surface area contributed by atoms with Crippen molar-refractivity contribution in [3.05, 3.63) is 0 Å². The van der Waals surface area contributed by atoms with Gasteiger partial charge in [-0.1, -0.05) is 0 Å². The molecule has 0 spiro atoms. The Kier molecular flexibility index (Phi) is 6.10. The number of hydrogen-bond donors (Lipinski definition) is 1. The molecule has 0 fully saturated rings. The predicted molar refractivity (Wildman–Crippen MR) is 72.6 cm³/mol. The summed E-state index contributed by atoms with van der Waals surface area (Å²) in [5.74, 6) is 0. The first-order valence-corrected chi connectivity index (χ1v) is 7.10. The van der Waals surface area contributed by atoms with Crippen molar-refractivity contribution in [1.82, 2.24) is 9.84 Å². The molecule has 9 nitrogen and oxygen atoms in total. The summed E-state index contributed by atoms with van der Waals surface area (Å²) in [6.07, 6.45) is -0.295.